The first-order valence-electron chi connectivity index (χ1n) is 5.66. The second kappa shape index (κ2) is 5.67. The largest absolute Gasteiger partial charge is 0.349 e. The topological polar surface area (TPSA) is 57.5 Å². The third-order valence-electron chi connectivity index (χ3n) is 2.63. The predicted octanol–water partition coefficient (Wildman–Crippen LogP) is 3.53. The fraction of sp³-hybridized carbons (Fsp3) is 0. The van der Waals surface area contributed by atoms with Crippen LogP contribution in [0, 0.1) is 11.6 Å². The Hall–Kier alpha value is -1.81. The van der Waals surface area contributed by atoms with Gasteiger partial charge in [0.25, 0.3) is 0 Å². The zero-order chi connectivity index (χ0) is 14.8. The lowest BCUT2D eigenvalue weighted by Gasteiger charge is -2.11. The fourth-order valence-electron chi connectivity index (χ4n) is 1.81. The first-order chi connectivity index (χ1) is 9.38. The lowest BCUT2D eigenvalue weighted by atomic mass is 9.99. The molecular formula is C14H11F2O3P. The molecule has 3 nitrogen and oxygen atoms in total. The average molecular weight is 296 g/mol. The van der Waals surface area contributed by atoms with Crippen LogP contribution in [0.1, 0.15) is 11.1 Å². The van der Waals surface area contributed by atoms with Crippen molar-refractivity contribution in [3.63, 3.8) is 0 Å². The zero-order valence-electron chi connectivity index (χ0n) is 10.2. The third-order valence-corrected chi connectivity index (χ3v) is 3.22. The van der Waals surface area contributed by atoms with Crippen LogP contribution in [-0.4, -0.2) is 9.79 Å². The van der Waals surface area contributed by atoms with Crippen LogP contribution in [0.3, 0.4) is 0 Å². The molecule has 0 aliphatic heterocycles. The van der Waals surface area contributed by atoms with E-state index >= 15 is 0 Å². The van der Waals surface area contributed by atoms with Crippen molar-refractivity contribution in [3.8, 4) is 0 Å². The highest BCUT2D eigenvalue weighted by Gasteiger charge is 2.18. The number of halogens is 2. The Morgan fingerprint density at radius 2 is 1.30 bits per heavy atom. The van der Waals surface area contributed by atoms with Crippen LogP contribution < -0.4 is 0 Å². The Labute approximate surface area is 114 Å². The number of benzene rings is 2. The van der Waals surface area contributed by atoms with Crippen molar-refractivity contribution in [2.75, 3.05) is 0 Å². The van der Waals surface area contributed by atoms with Crippen molar-refractivity contribution in [2.45, 2.75) is 0 Å². The molecule has 0 saturated carbocycles. The molecule has 0 bridgehead atoms. The molecule has 0 aliphatic rings. The summed E-state index contributed by atoms with van der Waals surface area (Å²) >= 11 is 0. The Morgan fingerprint density at radius 1 is 0.900 bits per heavy atom. The Balaban J connectivity index is 2.71. The minimum atomic E-state index is -4.59. The first-order valence-corrected chi connectivity index (χ1v) is 7.34. The van der Waals surface area contributed by atoms with Gasteiger partial charge < -0.3 is 9.79 Å². The summed E-state index contributed by atoms with van der Waals surface area (Å²) in [6.45, 7) is 0. The van der Waals surface area contributed by atoms with E-state index in [0.29, 0.717) is 5.82 Å². The molecule has 2 aromatic rings. The molecular weight excluding hydrogens is 285 g/mol. The van der Waals surface area contributed by atoms with E-state index in [2.05, 4.69) is 0 Å². The number of hydrogen-bond acceptors (Lipinski definition) is 1. The van der Waals surface area contributed by atoms with E-state index in [1.807, 2.05) is 0 Å². The molecule has 2 aromatic carbocycles. The highest BCUT2D eigenvalue weighted by Crippen LogP contribution is 2.42. The molecule has 104 valence electrons. The van der Waals surface area contributed by atoms with Crippen molar-refractivity contribution >= 4 is 13.2 Å². The minimum Gasteiger partial charge on any atom is -0.321 e. The Kier molecular flexibility index (Phi) is 4.14. The summed E-state index contributed by atoms with van der Waals surface area (Å²) in [5, 5.41) is 0. The van der Waals surface area contributed by atoms with Crippen LogP contribution >= 0.6 is 7.60 Å². The summed E-state index contributed by atoms with van der Waals surface area (Å²) in [6.07, 6.45) is 0. The van der Waals surface area contributed by atoms with Gasteiger partial charge in [-0.25, -0.2) is 8.78 Å². The van der Waals surface area contributed by atoms with Crippen LogP contribution in [0.25, 0.3) is 5.57 Å². The van der Waals surface area contributed by atoms with Crippen molar-refractivity contribution in [2.24, 2.45) is 0 Å². The maximum absolute atomic E-state index is 13.8. The van der Waals surface area contributed by atoms with Gasteiger partial charge in [0.2, 0.25) is 0 Å². The van der Waals surface area contributed by atoms with Crippen LogP contribution in [-0.2, 0) is 4.57 Å². The number of rotatable bonds is 3. The molecule has 0 aromatic heterocycles. The van der Waals surface area contributed by atoms with Gasteiger partial charge in [-0.05, 0) is 12.1 Å². The van der Waals surface area contributed by atoms with Gasteiger partial charge in [0.15, 0.2) is 0 Å². The molecule has 0 unspecified atom stereocenters. The van der Waals surface area contributed by atoms with Gasteiger partial charge in [0, 0.05) is 22.5 Å². The lowest BCUT2D eigenvalue weighted by Crippen LogP contribution is -1.95. The highest BCUT2D eigenvalue weighted by molar-refractivity contribution is 7.55. The molecule has 2 rings (SSSR count). The van der Waals surface area contributed by atoms with E-state index in [9.17, 15) is 13.3 Å². The van der Waals surface area contributed by atoms with Crippen molar-refractivity contribution in [3.05, 3.63) is 77.1 Å². The van der Waals surface area contributed by atoms with Gasteiger partial charge in [-0.3, -0.25) is 4.57 Å². The van der Waals surface area contributed by atoms with Crippen LogP contribution in [0.2, 0.25) is 0 Å². The van der Waals surface area contributed by atoms with Crippen LogP contribution in [0.5, 0.6) is 0 Å². The second-order valence-electron chi connectivity index (χ2n) is 4.09. The van der Waals surface area contributed by atoms with E-state index in [-0.39, 0.29) is 16.7 Å². The second-order valence-corrected chi connectivity index (χ2v) is 5.53. The van der Waals surface area contributed by atoms with Crippen molar-refractivity contribution in [1.82, 2.24) is 0 Å². The van der Waals surface area contributed by atoms with Gasteiger partial charge >= 0.3 is 7.60 Å². The third kappa shape index (κ3) is 3.39. The van der Waals surface area contributed by atoms with Crippen LogP contribution in [0.4, 0.5) is 8.78 Å². The SMILES string of the molecule is O=P(O)(O)C=C(c1ccccc1F)c1ccccc1F. The van der Waals surface area contributed by atoms with Gasteiger partial charge in [-0.2, -0.15) is 0 Å². The standard InChI is InChI=1S/C14H11F2O3P/c15-13-7-3-1-5-10(13)12(9-20(17,18)19)11-6-2-4-8-14(11)16/h1-9H,(H2,17,18,19). The summed E-state index contributed by atoms with van der Waals surface area (Å²) in [7, 11) is -4.59. The lowest BCUT2D eigenvalue weighted by molar-refractivity contribution is 0.386. The normalized spacial score (nSPS) is 11.2. The first kappa shape index (κ1) is 14.6. The van der Waals surface area contributed by atoms with Gasteiger partial charge in [0.05, 0.1) is 0 Å². The molecule has 0 spiro atoms. The smallest absolute Gasteiger partial charge is 0.321 e. The molecule has 6 heteroatoms. The maximum Gasteiger partial charge on any atom is 0.349 e. The van der Waals surface area contributed by atoms with Crippen molar-refractivity contribution in [1.29, 1.82) is 0 Å². The van der Waals surface area contributed by atoms with E-state index in [1.54, 1.807) is 0 Å². The predicted molar refractivity (Wildman–Crippen MR) is 71.9 cm³/mol. The monoisotopic (exact) mass is 296 g/mol. The zero-order valence-corrected chi connectivity index (χ0v) is 11.1. The van der Waals surface area contributed by atoms with Crippen molar-refractivity contribution < 1.29 is 23.1 Å². The fourth-order valence-corrected chi connectivity index (χ4v) is 2.43. The highest BCUT2D eigenvalue weighted by atomic mass is 31.2. The average Bonchev–Trinajstić information content (AvgIpc) is 2.37. The number of hydrogen-bond donors (Lipinski definition) is 2. The minimum absolute atomic E-state index is 0.0686. The maximum atomic E-state index is 13.8. The molecule has 0 aliphatic carbocycles. The molecule has 2 N–H and O–H groups in total. The molecule has 0 fully saturated rings. The quantitative estimate of drug-likeness (QED) is 0.852. The van der Waals surface area contributed by atoms with E-state index in [1.165, 1.54) is 36.4 Å². The summed E-state index contributed by atoms with van der Waals surface area (Å²) in [5.41, 5.74) is -0.309. The molecule has 0 amide bonds. The molecule has 0 atom stereocenters. The van der Waals surface area contributed by atoms with E-state index in [4.69, 9.17) is 9.79 Å². The Bertz CT molecular complexity index is 660. The summed E-state index contributed by atoms with van der Waals surface area (Å²) in [4.78, 5) is 18.2. The molecule has 20 heavy (non-hydrogen) atoms. The summed E-state index contributed by atoms with van der Waals surface area (Å²) < 4.78 is 38.8. The van der Waals surface area contributed by atoms with Gasteiger partial charge in [0.1, 0.15) is 11.6 Å². The molecule has 0 heterocycles. The summed E-state index contributed by atoms with van der Waals surface area (Å²) in [5.74, 6) is -0.796. The van der Waals surface area contributed by atoms with Gasteiger partial charge in [-0.15, -0.1) is 0 Å². The summed E-state index contributed by atoms with van der Waals surface area (Å²) in [6, 6.07) is 10.9. The van der Waals surface area contributed by atoms with Crippen LogP contribution in [0.15, 0.2) is 54.3 Å². The van der Waals surface area contributed by atoms with E-state index < -0.39 is 19.2 Å². The molecule has 0 saturated heterocycles. The van der Waals surface area contributed by atoms with Gasteiger partial charge in [-0.1, -0.05) is 36.4 Å². The molecule has 0 radical (unpaired) electrons. The Morgan fingerprint density at radius 3 is 1.65 bits per heavy atom. The van der Waals surface area contributed by atoms with E-state index in [0.717, 1.165) is 12.1 Å².